The number of hydrogen-bond donors (Lipinski definition) is 0. The molecule has 6 heteroatoms. The number of halogens is 2. The first kappa shape index (κ1) is 14.3. The van der Waals surface area contributed by atoms with Crippen LogP contribution in [0.2, 0.25) is 0 Å². The monoisotopic (exact) mass is 331 g/mol. The molecule has 1 saturated heterocycles. The quantitative estimate of drug-likeness (QED) is 0.852. The van der Waals surface area contributed by atoms with Gasteiger partial charge in [-0.15, -0.1) is 0 Å². The van der Waals surface area contributed by atoms with Crippen LogP contribution in [0, 0.1) is 5.82 Å². The number of rotatable bonds is 3. The normalized spacial score (nSPS) is 17.1. The van der Waals surface area contributed by atoms with Gasteiger partial charge < -0.3 is 14.4 Å². The number of carbonyl (C=O) groups excluding carboxylic acids is 1. The van der Waals surface area contributed by atoms with E-state index >= 15 is 0 Å². The fraction of sp³-hybridized carbons (Fsp3) is 0.462. The summed E-state index contributed by atoms with van der Waals surface area (Å²) in [6.07, 6.45) is -0.714. The van der Waals surface area contributed by atoms with Crippen molar-refractivity contribution in [1.82, 2.24) is 4.90 Å². The lowest BCUT2D eigenvalue weighted by molar-refractivity contribution is -0.142. The van der Waals surface area contributed by atoms with Crippen LogP contribution in [-0.2, 0) is 9.53 Å². The zero-order valence-corrected chi connectivity index (χ0v) is 12.2. The van der Waals surface area contributed by atoms with Crippen LogP contribution in [0.5, 0.6) is 5.75 Å². The zero-order chi connectivity index (χ0) is 13.8. The van der Waals surface area contributed by atoms with Crippen LogP contribution in [0.4, 0.5) is 4.39 Å². The summed E-state index contributed by atoms with van der Waals surface area (Å²) in [5.74, 6) is -0.557. The van der Waals surface area contributed by atoms with Crippen LogP contribution in [0.1, 0.15) is 6.92 Å². The summed E-state index contributed by atoms with van der Waals surface area (Å²) in [5.41, 5.74) is 0. The van der Waals surface area contributed by atoms with E-state index in [1.807, 2.05) is 0 Å². The van der Waals surface area contributed by atoms with Gasteiger partial charge in [0, 0.05) is 17.6 Å². The lowest BCUT2D eigenvalue weighted by atomic mass is 10.3. The lowest BCUT2D eigenvalue weighted by Crippen LogP contribution is -2.46. The average molecular weight is 332 g/mol. The van der Waals surface area contributed by atoms with E-state index in [9.17, 15) is 9.18 Å². The molecule has 1 aromatic rings. The van der Waals surface area contributed by atoms with Crippen molar-refractivity contribution in [2.75, 3.05) is 26.3 Å². The van der Waals surface area contributed by atoms with E-state index in [4.69, 9.17) is 9.47 Å². The Labute approximate surface area is 119 Å². The van der Waals surface area contributed by atoms with Gasteiger partial charge in [0.25, 0.3) is 5.91 Å². The minimum atomic E-state index is -0.714. The summed E-state index contributed by atoms with van der Waals surface area (Å²) in [6, 6.07) is 4.48. The predicted molar refractivity (Wildman–Crippen MR) is 71.6 cm³/mol. The van der Waals surface area contributed by atoms with Gasteiger partial charge in [-0.1, -0.05) is 15.9 Å². The van der Waals surface area contributed by atoms with Crippen molar-refractivity contribution in [3.63, 3.8) is 0 Å². The molecule has 1 heterocycles. The summed E-state index contributed by atoms with van der Waals surface area (Å²) >= 11 is 3.17. The van der Waals surface area contributed by atoms with Crippen molar-refractivity contribution in [2.45, 2.75) is 13.0 Å². The van der Waals surface area contributed by atoms with Gasteiger partial charge in [-0.05, 0) is 25.1 Å². The average Bonchev–Trinajstić information content (AvgIpc) is 2.42. The van der Waals surface area contributed by atoms with Crippen molar-refractivity contribution in [1.29, 1.82) is 0 Å². The highest BCUT2D eigenvalue weighted by molar-refractivity contribution is 9.10. The largest absolute Gasteiger partial charge is 0.478 e. The fourth-order valence-corrected chi connectivity index (χ4v) is 2.19. The third kappa shape index (κ3) is 3.67. The molecule has 0 aromatic heterocycles. The molecule has 0 aliphatic carbocycles. The van der Waals surface area contributed by atoms with Crippen molar-refractivity contribution in [3.05, 3.63) is 28.5 Å². The lowest BCUT2D eigenvalue weighted by Gasteiger charge is -2.29. The Bertz CT molecular complexity index is 463. The van der Waals surface area contributed by atoms with E-state index in [2.05, 4.69) is 15.9 Å². The van der Waals surface area contributed by atoms with Crippen molar-refractivity contribution < 1.29 is 18.7 Å². The Balaban J connectivity index is 1.99. The van der Waals surface area contributed by atoms with Crippen molar-refractivity contribution in [2.24, 2.45) is 0 Å². The van der Waals surface area contributed by atoms with Gasteiger partial charge in [0.05, 0.1) is 13.2 Å². The predicted octanol–water partition coefficient (Wildman–Crippen LogP) is 2.21. The molecule has 0 radical (unpaired) electrons. The molecular formula is C13H15BrFNO3. The Morgan fingerprint density at radius 1 is 1.47 bits per heavy atom. The maximum absolute atomic E-state index is 13.6. The summed E-state index contributed by atoms with van der Waals surface area (Å²) in [6.45, 7) is 3.79. The second-order valence-corrected chi connectivity index (χ2v) is 5.19. The van der Waals surface area contributed by atoms with Crippen LogP contribution in [0.15, 0.2) is 22.7 Å². The summed E-state index contributed by atoms with van der Waals surface area (Å²) < 4.78 is 24.8. The second kappa shape index (κ2) is 6.34. The third-order valence-electron chi connectivity index (χ3n) is 2.87. The van der Waals surface area contributed by atoms with Crippen LogP contribution in [0.25, 0.3) is 0 Å². The SMILES string of the molecule is CC(Oc1ccc(Br)cc1F)C(=O)N1CCOCC1. The van der Waals surface area contributed by atoms with E-state index < -0.39 is 11.9 Å². The molecule has 2 rings (SSSR count). The first-order valence-corrected chi connectivity index (χ1v) is 6.85. The Hall–Kier alpha value is -1.14. The van der Waals surface area contributed by atoms with Crippen LogP contribution in [-0.4, -0.2) is 43.2 Å². The van der Waals surface area contributed by atoms with Gasteiger partial charge in [0.1, 0.15) is 0 Å². The Kier molecular flexibility index (Phi) is 4.76. The third-order valence-corrected chi connectivity index (χ3v) is 3.36. The number of morpholine rings is 1. The maximum atomic E-state index is 13.6. The Morgan fingerprint density at radius 3 is 2.79 bits per heavy atom. The second-order valence-electron chi connectivity index (χ2n) is 4.27. The number of hydrogen-bond acceptors (Lipinski definition) is 3. The molecule has 104 valence electrons. The minimum absolute atomic E-state index is 0.0808. The fourth-order valence-electron chi connectivity index (χ4n) is 1.85. The minimum Gasteiger partial charge on any atom is -0.478 e. The van der Waals surface area contributed by atoms with E-state index in [0.717, 1.165) is 0 Å². The highest BCUT2D eigenvalue weighted by atomic mass is 79.9. The molecule has 0 spiro atoms. The first-order valence-electron chi connectivity index (χ1n) is 6.06. The molecular weight excluding hydrogens is 317 g/mol. The van der Waals surface area contributed by atoms with Crippen molar-refractivity contribution in [3.8, 4) is 5.75 Å². The van der Waals surface area contributed by atoms with E-state index in [0.29, 0.717) is 30.8 Å². The maximum Gasteiger partial charge on any atom is 0.263 e. The molecule has 1 atom stereocenters. The highest BCUT2D eigenvalue weighted by Gasteiger charge is 2.24. The van der Waals surface area contributed by atoms with E-state index in [1.165, 1.54) is 12.1 Å². The first-order chi connectivity index (χ1) is 9.08. The molecule has 19 heavy (non-hydrogen) atoms. The van der Waals surface area contributed by atoms with Crippen LogP contribution < -0.4 is 4.74 Å². The van der Waals surface area contributed by atoms with Gasteiger partial charge in [-0.2, -0.15) is 0 Å². The summed E-state index contributed by atoms with van der Waals surface area (Å²) in [4.78, 5) is 13.8. The Morgan fingerprint density at radius 2 is 2.16 bits per heavy atom. The number of benzene rings is 1. The van der Waals surface area contributed by atoms with Crippen molar-refractivity contribution >= 4 is 21.8 Å². The molecule has 1 aromatic carbocycles. The topological polar surface area (TPSA) is 38.8 Å². The molecule has 1 fully saturated rings. The van der Waals surface area contributed by atoms with Gasteiger partial charge in [0.2, 0.25) is 0 Å². The summed E-state index contributed by atoms with van der Waals surface area (Å²) in [5, 5.41) is 0. The van der Waals surface area contributed by atoms with Gasteiger partial charge in [-0.3, -0.25) is 4.79 Å². The molecule has 0 N–H and O–H groups in total. The molecule has 0 saturated carbocycles. The zero-order valence-electron chi connectivity index (χ0n) is 10.6. The van der Waals surface area contributed by atoms with Gasteiger partial charge >= 0.3 is 0 Å². The van der Waals surface area contributed by atoms with Crippen LogP contribution >= 0.6 is 15.9 Å². The molecule has 1 amide bonds. The number of amides is 1. The van der Waals surface area contributed by atoms with Gasteiger partial charge in [-0.25, -0.2) is 4.39 Å². The highest BCUT2D eigenvalue weighted by Crippen LogP contribution is 2.22. The van der Waals surface area contributed by atoms with E-state index in [1.54, 1.807) is 17.9 Å². The molecule has 1 aliphatic rings. The molecule has 1 unspecified atom stereocenters. The number of carbonyl (C=O) groups is 1. The number of nitrogens with zero attached hydrogens (tertiary/aromatic N) is 1. The number of ether oxygens (including phenoxy) is 2. The standard InChI is InChI=1S/C13H15BrFNO3/c1-9(13(17)16-4-6-18-7-5-16)19-12-3-2-10(14)8-11(12)15/h2-3,8-9H,4-7H2,1H3. The van der Waals surface area contributed by atoms with Crippen LogP contribution in [0.3, 0.4) is 0 Å². The molecule has 0 bridgehead atoms. The smallest absolute Gasteiger partial charge is 0.263 e. The molecule has 4 nitrogen and oxygen atoms in total. The van der Waals surface area contributed by atoms with Gasteiger partial charge in [0.15, 0.2) is 17.7 Å². The van der Waals surface area contributed by atoms with E-state index in [-0.39, 0.29) is 11.7 Å². The summed E-state index contributed by atoms with van der Waals surface area (Å²) in [7, 11) is 0. The molecule has 1 aliphatic heterocycles.